The molecule has 0 aliphatic heterocycles. The van der Waals surface area contributed by atoms with E-state index in [2.05, 4.69) is 13.0 Å². The Balaban J connectivity index is 2.35. The van der Waals surface area contributed by atoms with Gasteiger partial charge in [-0.1, -0.05) is 11.6 Å². The third kappa shape index (κ3) is 2.54. The summed E-state index contributed by atoms with van der Waals surface area (Å²) < 4.78 is 1.71. The average molecular weight is 231 g/mol. The molecule has 0 aromatic carbocycles. The summed E-state index contributed by atoms with van der Waals surface area (Å²) >= 11 is 0. The molecule has 0 spiro atoms. The molecule has 0 amide bonds. The fourth-order valence-corrected chi connectivity index (χ4v) is 2.20. The Morgan fingerprint density at radius 3 is 2.76 bits per heavy atom. The quantitative estimate of drug-likeness (QED) is 0.580. The van der Waals surface area contributed by atoms with Crippen molar-refractivity contribution in [2.45, 2.75) is 39.2 Å². The van der Waals surface area contributed by atoms with Gasteiger partial charge in [0.1, 0.15) is 0 Å². The number of carbonyl (C=O) groups is 1. The van der Waals surface area contributed by atoms with Crippen LogP contribution in [0.4, 0.5) is 0 Å². The van der Waals surface area contributed by atoms with Crippen molar-refractivity contribution >= 4 is 5.78 Å². The molecule has 1 aliphatic carbocycles. The zero-order valence-electron chi connectivity index (χ0n) is 10.3. The van der Waals surface area contributed by atoms with E-state index >= 15 is 0 Å². The summed E-state index contributed by atoms with van der Waals surface area (Å²) in [5.41, 5.74) is 1.97. The summed E-state index contributed by atoms with van der Waals surface area (Å²) in [4.78, 5) is 23.1. The molecule has 0 fully saturated rings. The summed E-state index contributed by atoms with van der Waals surface area (Å²) in [7, 11) is 0. The van der Waals surface area contributed by atoms with Gasteiger partial charge >= 0.3 is 0 Å². The first-order valence-electron chi connectivity index (χ1n) is 5.96. The number of hydrogen-bond acceptors (Lipinski definition) is 2. The van der Waals surface area contributed by atoms with Crippen molar-refractivity contribution < 1.29 is 4.79 Å². The van der Waals surface area contributed by atoms with Crippen molar-refractivity contribution in [1.29, 1.82) is 0 Å². The average Bonchev–Trinajstić information content (AvgIpc) is 2.31. The lowest BCUT2D eigenvalue weighted by molar-refractivity contribution is 0.101. The molecule has 1 heterocycles. The highest BCUT2D eigenvalue weighted by atomic mass is 16.1. The van der Waals surface area contributed by atoms with Crippen molar-refractivity contribution in [3.05, 3.63) is 45.9 Å². The van der Waals surface area contributed by atoms with Crippen LogP contribution in [0.3, 0.4) is 0 Å². The lowest BCUT2D eigenvalue weighted by Gasteiger charge is -2.23. The second-order valence-corrected chi connectivity index (χ2v) is 4.70. The molecule has 17 heavy (non-hydrogen) atoms. The normalized spacial score (nSPS) is 19.9. The van der Waals surface area contributed by atoms with Gasteiger partial charge in [-0.15, -0.1) is 0 Å². The first kappa shape index (κ1) is 11.8. The first-order valence-corrected chi connectivity index (χ1v) is 5.96. The summed E-state index contributed by atoms with van der Waals surface area (Å²) in [5, 5.41) is 0. The van der Waals surface area contributed by atoms with E-state index < -0.39 is 0 Å². The van der Waals surface area contributed by atoms with Crippen LogP contribution in [0, 0.1) is 0 Å². The molecule has 0 saturated heterocycles. The molecule has 3 nitrogen and oxygen atoms in total. The van der Waals surface area contributed by atoms with Crippen LogP contribution >= 0.6 is 0 Å². The minimum Gasteiger partial charge on any atom is -0.311 e. The lowest BCUT2D eigenvalue weighted by atomic mass is 9.96. The summed E-state index contributed by atoms with van der Waals surface area (Å²) in [6.45, 7) is 3.64. The minimum absolute atomic E-state index is 0.00119. The zero-order chi connectivity index (χ0) is 12.4. The molecule has 0 bridgehead atoms. The number of allylic oxidation sites excluding steroid dienone is 2. The largest absolute Gasteiger partial charge is 0.311 e. The van der Waals surface area contributed by atoms with E-state index in [0.717, 1.165) is 19.3 Å². The van der Waals surface area contributed by atoms with Gasteiger partial charge in [-0.25, -0.2) is 0 Å². The van der Waals surface area contributed by atoms with Crippen molar-refractivity contribution in [3.8, 4) is 0 Å². The number of pyridine rings is 1. The van der Waals surface area contributed by atoms with Crippen LogP contribution in [0.2, 0.25) is 0 Å². The number of rotatable bonds is 2. The summed E-state index contributed by atoms with van der Waals surface area (Å²) in [6, 6.07) is 3.29. The van der Waals surface area contributed by atoms with E-state index in [4.69, 9.17) is 0 Å². The second-order valence-electron chi connectivity index (χ2n) is 4.70. The smallest absolute Gasteiger partial charge is 0.250 e. The zero-order valence-corrected chi connectivity index (χ0v) is 10.3. The Bertz CT molecular complexity index is 525. The molecule has 0 radical (unpaired) electrons. The minimum atomic E-state index is -0.0204. The predicted octanol–water partition coefficient (Wildman–Crippen LogP) is 2.72. The highest BCUT2D eigenvalue weighted by Gasteiger charge is 2.16. The van der Waals surface area contributed by atoms with Crippen LogP contribution < -0.4 is 5.56 Å². The van der Waals surface area contributed by atoms with Gasteiger partial charge in [-0.05, 0) is 39.2 Å². The maximum absolute atomic E-state index is 11.8. The van der Waals surface area contributed by atoms with E-state index in [9.17, 15) is 9.59 Å². The van der Waals surface area contributed by atoms with E-state index in [1.165, 1.54) is 18.6 Å². The van der Waals surface area contributed by atoms with Crippen LogP contribution in [-0.2, 0) is 0 Å². The molecule has 1 atom stereocenters. The van der Waals surface area contributed by atoms with E-state index in [1.807, 2.05) is 0 Å². The van der Waals surface area contributed by atoms with Gasteiger partial charge in [0, 0.05) is 23.9 Å². The van der Waals surface area contributed by atoms with Crippen molar-refractivity contribution in [2.75, 3.05) is 0 Å². The molecular formula is C14H17NO2. The molecular weight excluding hydrogens is 214 g/mol. The fourth-order valence-electron chi connectivity index (χ4n) is 2.20. The topological polar surface area (TPSA) is 39.1 Å². The van der Waals surface area contributed by atoms with Gasteiger partial charge in [0.05, 0.1) is 0 Å². The maximum atomic E-state index is 11.8. The van der Waals surface area contributed by atoms with Crippen LogP contribution in [0.25, 0.3) is 0 Å². The second kappa shape index (κ2) is 4.70. The number of ketones is 1. The highest BCUT2D eigenvalue weighted by molar-refractivity contribution is 5.93. The Kier molecular flexibility index (Phi) is 3.27. The first-order chi connectivity index (χ1) is 8.08. The van der Waals surface area contributed by atoms with Gasteiger partial charge in [0.15, 0.2) is 5.78 Å². The number of Topliss-reactive ketones (excluding diaryl/α,β-unsaturated/α-hetero) is 1. The van der Waals surface area contributed by atoms with Crippen molar-refractivity contribution in [1.82, 2.24) is 4.57 Å². The van der Waals surface area contributed by atoms with Gasteiger partial charge < -0.3 is 4.57 Å². The predicted molar refractivity (Wildman–Crippen MR) is 67.4 cm³/mol. The van der Waals surface area contributed by atoms with Gasteiger partial charge in [-0.3, -0.25) is 9.59 Å². The Hall–Kier alpha value is -1.64. The third-order valence-electron chi connectivity index (χ3n) is 3.35. The summed E-state index contributed by atoms with van der Waals surface area (Å²) in [6.07, 6.45) is 6.77. The van der Waals surface area contributed by atoms with E-state index in [1.54, 1.807) is 16.8 Å². The molecule has 0 saturated carbocycles. The Labute approximate surface area is 101 Å². The number of hydrogen-bond donors (Lipinski definition) is 0. The fraction of sp³-hybridized carbons (Fsp3) is 0.429. The van der Waals surface area contributed by atoms with Crippen LogP contribution in [-0.4, -0.2) is 10.4 Å². The molecule has 90 valence electrons. The molecule has 0 N–H and O–H groups in total. The SMILES string of the molecule is CC(=O)c1ccc(=O)n(C2CC=C(C)CC2)c1. The highest BCUT2D eigenvalue weighted by Crippen LogP contribution is 2.26. The van der Waals surface area contributed by atoms with E-state index in [0.29, 0.717) is 5.56 Å². The molecule has 1 unspecified atom stereocenters. The van der Waals surface area contributed by atoms with Crippen molar-refractivity contribution in [2.24, 2.45) is 0 Å². The van der Waals surface area contributed by atoms with Crippen LogP contribution in [0.1, 0.15) is 49.5 Å². The molecule has 1 aromatic rings. The third-order valence-corrected chi connectivity index (χ3v) is 3.35. The van der Waals surface area contributed by atoms with Gasteiger partial charge in [-0.2, -0.15) is 0 Å². The molecule has 1 aromatic heterocycles. The Morgan fingerprint density at radius 2 is 2.18 bits per heavy atom. The Morgan fingerprint density at radius 1 is 1.41 bits per heavy atom. The number of nitrogens with zero attached hydrogens (tertiary/aromatic N) is 1. The molecule has 1 aliphatic rings. The lowest BCUT2D eigenvalue weighted by Crippen LogP contribution is -2.25. The van der Waals surface area contributed by atoms with Crippen LogP contribution in [0.15, 0.2) is 34.8 Å². The maximum Gasteiger partial charge on any atom is 0.250 e. The number of aromatic nitrogens is 1. The molecule has 2 rings (SSSR count). The van der Waals surface area contributed by atoms with Crippen molar-refractivity contribution in [3.63, 3.8) is 0 Å². The van der Waals surface area contributed by atoms with Gasteiger partial charge in [0.25, 0.3) is 5.56 Å². The monoisotopic (exact) mass is 231 g/mol. The standard InChI is InChI=1S/C14H17NO2/c1-10-3-6-13(7-4-10)15-9-12(11(2)16)5-8-14(15)17/h3,5,8-9,13H,4,6-7H2,1-2H3. The summed E-state index contributed by atoms with van der Waals surface area (Å²) in [5.74, 6) is 0.00119. The van der Waals surface area contributed by atoms with Gasteiger partial charge in [0.2, 0.25) is 0 Å². The van der Waals surface area contributed by atoms with E-state index in [-0.39, 0.29) is 17.4 Å². The number of carbonyl (C=O) groups excluding carboxylic acids is 1. The molecule has 3 heteroatoms. The van der Waals surface area contributed by atoms with Crippen LogP contribution in [0.5, 0.6) is 0 Å².